The van der Waals surface area contributed by atoms with Gasteiger partial charge in [0.15, 0.2) is 0 Å². The molecule has 90 valence electrons. The molecule has 2 N–H and O–H groups in total. The fourth-order valence-electron chi connectivity index (χ4n) is 1.67. The van der Waals surface area contributed by atoms with Crippen molar-refractivity contribution in [3.05, 3.63) is 53.4 Å². The molecule has 1 heterocycles. The van der Waals surface area contributed by atoms with Crippen LogP contribution in [0, 0.1) is 11.6 Å². The summed E-state index contributed by atoms with van der Waals surface area (Å²) in [5.41, 5.74) is 1.00. The average molecular weight is 237 g/mol. The second kappa shape index (κ2) is 5.05. The zero-order valence-electron chi connectivity index (χ0n) is 9.37. The molecular formula is C12H13F2N3. The van der Waals surface area contributed by atoms with Gasteiger partial charge in [-0.05, 0) is 19.1 Å². The van der Waals surface area contributed by atoms with Gasteiger partial charge in [-0.25, -0.2) is 8.78 Å². The van der Waals surface area contributed by atoms with Gasteiger partial charge in [-0.2, -0.15) is 5.10 Å². The van der Waals surface area contributed by atoms with Crippen LogP contribution in [-0.2, 0) is 6.54 Å². The lowest BCUT2D eigenvalue weighted by Crippen LogP contribution is -2.20. The Balaban J connectivity index is 2.07. The van der Waals surface area contributed by atoms with Crippen LogP contribution in [-0.4, -0.2) is 10.2 Å². The summed E-state index contributed by atoms with van der Waals surface area (Å²) < 4.78 is 26.9. The van der Waals surface area contributed by atoms with Crippen molar-refractivity contribution in [1.29, 1.82) is 0 Å². The van der Waals surface area contributed by atoms with E-state index in [9.17, 15) is 8.78 Å². The van der Waals surface area contributed by atoms with E-state index in [1.807, 2.05) is 0 Å². The molecule has 0 aliphatic carbocycles. The number of H-pyrrole nitrogens is 1. The molecule has 0 aliphatic rings. The molecule has 0 saturated carbocycles. The Labute approximate surface area is 97.9 Å². The molecule has 0 bridgehead atoms. The van der Waals surface area contributed by atoms with Gasteiger partial charge in [-0.15, -0.1) is 0 Å². The summed E-state index contributed by atoms with van der Waals surface area (Å²) in [6.07, 6.45) is 3.40. The van der Waals surface area contributed by atoms with Crippen LogP contribution < -0.4 is 5.32 Å². The Morgan fingerprint density at radius 3 is 2.65 bits per heavy atom. The van der Waals surface area contributed by atoms with Crippen molar-refractivity contribution in [2.75, 3.05) is 0 Å². The molecular weight excluding hydrogens is 224 g/mol. The SMILES string of the molecule is CC(NCc1cn[nH]c1)c1c(F)cccc1F. The first-order valence-corrected chi connectivity index (χ1v) is 5.33. The van der Waals surface area contributed by atoms with E-state index < -0.39 is 17.7 Å². The highest BCUT2D eigenvalue weighted by Crippen LogP contribution is 2.20. The van der Waals surface area contributed by atoms with Crippen LogP contribution in [0.4, 0.5) is 8.78 Å². The minimum absolute atomic E-state index is 0.0657. The molecule has 1 aromatic heterocycles. The molecule has 0 radical (unpaired) electrons. The number of hydrogen-bond acceptors (Lipinski definition) is 2. The molecule has 0 aliphatic heterocycles. The largest absolute Gasteiger partial charge is 0.306 e. The van der Waals surface area contributed by atoms with E-state index in [2.05, 4.69) is 15.5 Å². The number of nitrogens with one attached hydrogen (secondary N) is 2. The molecule has 1 aromatic carbocycles. The van der Waals surface area contributed by atoms with Crippen molar-refractivity contribution in [1.82, 2.24) is 15.5 Å². The molecule has 2 rings (SSSR count). The third kappa shape index (κ3) is 2.68. The van der Waals surface area contributed by atoms with Gasteiger partial charge in [-0.1, -0.05) is 6.07 Å². The first-order chi connectivity index (χ1) is 8.18. The van der Waals surface area contributed by atoms with E-state index in [-0.39, 0.29) is 5.56 Å². The van der Waals surface area contributed by atoms with Crippen LogP contribution >= 0.6 is 0 Å². The molecule has 3 nitrogen and oxygen atoms in total. The predicted molar refractivity (Wildman–Crippen MR) is 60.2 cm³/mol. The lowest BCUT2D eigenvalue weighted by atomic mass is 10.1. The maximum absolute atomic E-state index is 13.5. The van der Waals surface area contributed by atoms with Gasteiger partial charge in [-0.3, -0.25) is 5.10 Å². The number of halogens is 2. The number of rotatable bonds is 4. The van der Waals surface area contributed by atoms with Gasteiger partial charge in [0, 0.05) is 29.9 Å². The van der Waals surface area contributed by atoms with Gasteiger partial charge >= 0.3 is 0 Å². The van der Waals surface area contributed by atoms with E-state index in [1.165, 1.54) is 18.2 Å². The minimum atomic E-state index is -0.530. The van der Waals surface area contributed by atoms with Crippen molar-refractivity contribution in [3.63, 3.8) is 0 Å². The summed E-state index contributed by atoms with van der Waals surface area (Å²) in [4.78, 5) is 0. The molecule has 17 heavy (non-hydrogen) atoms. The summed E-state index contributed by atoms with van der Waals surface area (Å²) in [5.74, 6) is -1.06. The van der Waals surface area contributed by atoms with Gasteiger partial charge in [0.25, 0.3) is 0 Å². The summed E-state index contributed by atoms with van der Waals surface area (Å²) >= 11 is 0. The van der Waals surface area contributed by atoms with E-state index in [0.717, 1.165) is 5.56 Å². The lowest BCUT2D eigenvalue weighted by molar-refractivity contribution is 0.487. The standard InChI is InChI=1S/C12H13F2N3/c1-8(15-5-9-6-16-17-7-9)12-10(13)3-2-4-11(12)14/h2-4,6-8,15H,5H2,1H3,(H,16,17). The van der Waals surface area contributed by atoms with E-state index in [0.29, 0.717) is 6.54 Å². The van der Waals surface area contributed by atoms with E-state index in [4.69, 9.17) is 0 Å². The zero-order valence-corrected chi connectivity index (χ0v) is 9.37. The van der Waals surface area contributed by atoms with Crippen molar-refractivity contribution < 1.29 is 8.78 Å². The molecule has 5 heteroatoms. The Morgan fingerprint density at radius 1 is 1.35 bits per heavy atom. The van der Waals surface area contributed by atoms with Gasteiger partial charge in [0.05, 0.1) is 6.20 Å². The lowest BCUT2D eigenvalue weighted by Gasteiger charge is -2.15. The highest BCUT2D eigenvalue weighted by Gasteiger charge is 2.15. The summed E-state index contributed by atoms with van der Waals surface area (Å²) in [6, 6.07) is 3.48. The molecule has 0 amide bonds. The quantitative estimate of drug-likeness (QED) is 0.857. The van der Waals surface area contributed by atoms with Crippen molar-refractivity contribution in [2.45, 2.75) is 19.5 Å². The van der Waals surface area contributed by atoms with Crippen LogP contribution in [0.1, 0.15) is 24.1 Å². The van der Waals surface area contributed by atoms with Gasteiger partial charge in [0.2, 0.25) is 0 Å². The monoisotopic (exact) mass is 237 g/mol. The first-order valence-electron chi connectivity index (χ1n) is 5.33. The van der Waals surface area contributed by atoms with Crippen LogP contribution in [0.2, 0.25) is 0 Å². The third-order valence-corrected chi connectivity index (χ3v) is 2.60. The molecule has 1 atom stereocenters. The van der Waals surface area contributed by atoms with Gasteiger partial charge < -0.3 is 5.32 Å². The average Bonchev–Trinajstić information content (AvgIpc) is 2.79. The maximum Gasteiger partial charge on any atom is 0.130 e. The second-order valence-corrected chi connectivity index (χ2v) is 3.84. The Bertz CT molecular complexity index is 462. The van der Waals surface area contributed by atoms with Crippen LogP contribution in [0.25, 0.3) is 0 Å². The highest BCUT2D eigenvalue weighted by atomic mass is 19.1. The van der Waals surface area contributed by atoms with Crippen LogP contribution in [0.5, 0.6) is 0 Å². The fraction of sp³-hybridized carbons (Fsp3) is 0.250. The number of aromatic amines is 1. The Morgan fingerprint density at radius 2 is 2.06 bits per heavy atom. The highest BCUT2D eigenvalue weighted by molar-refractivity contribution is 5.23. The summed E-state index contributed by atoms with van der Waals surface area (Å²) in [6.45, 7) is 2.23. The number of aromatic nitrogens is 2. The summed E-state index contributed by atoms with van der Waals surface area (Å²) in [5, 5.41) is 9.52. The third-order valence-electron chi connectivity index (χ3n) is 2.60. The normalized spacial score (nSPS) is 12.6. The molecule has 1 unspecified atom stereocenters. The van der Waals surface area contributed by atoms with E-state index in [1.54, 1.807) is 19.3 Å². The maximum atomic E-state index is 13.5. The molecule has 0 spiro atoms. The van der Waals surface area contributed by atoms with Crippen molar-refractivity contribution >= 4 is 0 Å². The van der Waals surface area contributed by atoms with Crippen LogP contribution in [0.3, 0.4) is 0 Å². The molecule has 0 fully saturated rings. The summed E-state index contributed by atoms with van der Waals surface area (Å²) in [7, 11) is 0. The Hall–Kier alpha value is -1.75. The van der Waals surface area contributed by atoms with Crippen molar-refractivity contribution in [3.8, 4) is 0 Å². The van der Waals surface area contributed by atoms with Crippen molar-refractivity contribution in [2.24, 2.45) is 0 Å². The van der Waals surface area contributed by atoms with Gasteiger partial charge in [0.1, 0.15) is 11.6 Å². The zero-order chi connectivity index (χ0) is 12.3. The topological polar surface area (TPSA) is 40.7 Å². The minimum Gasteiger partial charge on any atom is -0.306 e. The van der Waals surface area contributed by atoms with Crippen LogP contribution in [0.15, 0.2) is 30.6 Å². The first kappa shape index (κ1) is 11.7. The molecule has 0 saturated heterocycles. The van der Waals surface area contributed by atoms with E-state index >= 15 is 0 Å². The second-order valence-electron chi connectivity index (χ2n) is 3.84. The smallest absolute Gasteiger partial charge is 0.130 e. The predicted octanol–water partition coefficient (Wildman–Crippen LogP) is 2.54. The number of hydrogen-bond donors (Lipinski definition) is 2. The fourth-order valence-corrected chi connectivity index (χ4v) is 1.67. The number of benzene rings is 1. The molecule has 2 aromatic rings. The number of nitrogens with zero attached hydrogens (tertiary/aromatic N) is 1. The Kier molecular flexibility index (Phi) is 3.49.